The number of aliphatic imine (C=N–C) groups is 3. The lowest BCUT2D eigenvalue weighted by atomic mass is 10.2. The average molecular weight is 532 g/mol. The van der Waals surface area contributed by atoms with Crippen LogP contribution in [-0.4, -0.2) is 58.8 Å². The molecule has 0 aliphatic heterocycles. The van der Waals surface area contributed by atoms with Crippen molar-refractivity contribution in [3.8, 4) is 0 Å². The lowest BCUT2D eigenvalue weighted by molar-refractivity contribution is 0.107. The third kappa shape index (κ3) is 10.1. The van der Waals surface area contributed by atoms with Crippen LogP contribution in [-0.2, 0) is 18.9 Å². The normalized spacial score (nSPS) is 10.8. The first-order valence-electron chi connectivity index (χ1n) is 12.3. The molecule has 0 aliphatic rings. The van der Waals surface area contributed by atoms with Gasteiger partial charge in [-0.3, -0.25) is 5.32 Å². The van der Waals surface area contributed by atoms with Crippen LogP contribution < -0.4 is 10.6 Å². The lowest BCUT2D eigenvalue weighted by Crippen LogP contribution is -2.18. The molecule has 0 unspecified atom stereocenters. The maximum atomic E-state index is 12.0. The average Bonchev–Trinajstić information content (AvgIpc) is 2.93. The van der Waals surface area contributed by atoms with Crippen molar-refractivity contribution in [1.29, 1.82) is 0 Å². The van der Waals surface area contributed by atoms with Crippen molar-refractivity contribution in [3.63, 3.8) is 0 Å². The number of hydrogen-bond acceptors (Lipinski definition) is 8. The summed E-state index contributed by atoms with van der Waals surface area (Å²) in [5.74, 6) is 0. The standard InChI is InChI=1S/C29H33N5O5/c1-21-10-12-24(18-26(21)33-28(38-16-14-36-3)32-23-8-6-5-7-9-23)30-20-31-25-13-11-22(2)27(19-25)34-29(35)39-17-15-37-4/h5-13,18-19H,14-17H2,1-4H3,(H,32,33)(H,34,35). The summed E-state index contributed by atoms with van der Waals surface area (Å²) in [5.41, 5.74) is 5.11. The molecular weight excluding hydrogens is 498 g/mol. The van der Waals surface area contributed by atoms with Gasteiger partial charge in [0.1, 0.15) is 19.2 Å². The van der Waals surface area contributed by atoms with Gasteiger partial charge in [-0.15, -0.1) is 0 Å². The van der Waals surface area contributed by atoms with Crippen molar-refractivity contribution >= 4 is 46.6 Å². The van der Waals surface area contributed by atoms with Crippen LogP contribution in [0.4, 0.5) is 33.2 Å². The predicted octanol–water partition coefficient (Wildman–Crippen LogP) is 6.40. The van der Waals surface area contributed by atoms with Gasteiger partial charge >= 0.3 is 6.09 Å². The van der Waals surface area contributed by atoms with Gasteiger partial charge in [-0.05, 0) is 61.4 Å². The van der Waals surface area contributed by atoms with Crippen LogP contribution in [0.2, 0.25) is 0 Å². The van der Waals surface area contributed by atoms with Crippen LogP contribution in [0.25, 0.3) is 0 Å². The molecule has 10 nitrogen and oxygen atoms in total. The SMILES string of the molecule is COCCOC(=O)Nc1cc(N=C=Nc2ccc(C)c(N=C(Nc3ccccc3)OCCOC)c2)ccc1C. The molecule has 0 radical (unpaired) electrons. The maximum absolute atomic E-state index is 12.0. The molecule has 1 amide bonds. The van der Waals surface area contributed by atoms with Crippen molar-refractivity contribution in [1.82, 2.24) is 0 Å². The number of hydrogen-bond donors (Lipinski definition) is 2. The molecule has 39 heavy (non-hydrogen) atoms. The number of aryl methyl sites for hydroxylation is 2. The van der Waals surface area contributed by atoms with Crippen molar-refractivity contribution in [2.75, 3.05) is 51.3 Å². The second kappa shape index (κ2) is 15.7. The van der Waals surface area contributed by atoms with E-state index in [1.165, 1.54) is 0 Å². The Balaban J connectivity index is 1.77. The van der Waals surface area contributed by atoms with Gasteiger partial charge in [0.2, 0.25) is 0 Å². The zero-order chi connectivity index (χ0) is 27.9. The van der Waals surface area contributed by atoms with Gasteiger partial charge in [-0.2, -0.15) is 15.0 Å². The zero-order valence-corrected chi connectivity index (χ0v) is 22.6. The second-order valence-electron chi connectivity index (χ2n) is 8.30. The van der Waals surface area contributed by atoms with Crippen molar-refractivity contribution in [3.05, 3.63) is 77.9 Å². The maximum Gasteiger partial charge on any atom is 0.411 e. The summed E-state index contributed by atoms with van der Waals surface area (Å²) in [7, 11) is 3.16. The summed E-state index contributed by atoms with van der Waals surface area (Å²) in [6.45, 7) is 5.09. The number of carbonyl (C=O) groups excluding carboxylic acids is 1. The number of nitrogens with one attached hydrogen (secondary N) is 2. The molecule has 0 aromatic heterocycles. The highest BCUT2D eigenvalue weighted by atomic mass is 16.6. The molecule has 10 heteroatoms. The number of amidine groups is 1. The third-order valence-electron chi connectivity index (χ3n) is 5.30. The third-order valence-corrected chi connectivity index (χ3v) is 5.30. The number of amides is 1. The van der Waals surface area contributed by atoms with Gasteiger partial charge in [-0.1, -0.05) is 30.3 Å². The monoisotopic (exact) mass is 531 g/mol. The first-order chi connectivity index (χ1) is 19.0. The summed E-state index contributed by atoms with van der Waals surface area (Å²) in [5, 5.41) is 5.91. The van der Waals surface area contributed by atoms with E-state index in [9.17, 15) is 4.79 Å². The van der Waals surface area contributed by atoms with Crippen molar-refractivity contribution in [2.45, 2.75) is 13.8 Å². The molecule has 3 aromatic carbocycles. The minimum atomic E-state index is -0.565. The molecular formula is C29H33N5O5. The summed E-state index contributed by atoms with van der Waals surface area (Å²) in [6, 6.07) is 23.7. The Hall–Kier alpha value is -4.50. The summed E-state index contributed by atoms with van der Waals surface area (Å²) in [4.78, 5) is 25.3. The Morgan fingerprint density at radius 1 is 0.769 bits per heavy atom. The Kier molecular flexibility index (Phi) is 11.7. The Morgan fingerprint density at radius 3 is 2.10 bits per heavy atom. The zero-order valence-electron chi connectivity index (χ0n) is 22.6. The molecule has 2 N–H and O–H groups in total. The highest BCUT2D eigenvalue weighted by Gasteiger charge is 2.07. The molecule has 0 atom stereocenters. The van der Waals surface area contributed by atoms with Gasteiger partial charge in [0, 0.05) is 25.6 Å². The number of ether oxygens (including phenoxy) is 4. The summed E-state index contributed by atoms with van der Waals surface area (Å²) < 4.78 is 20.8. The van der Waals surface area contributed by atoms with E-state index in [4.69, 9.17) is 18.9 Å². The highest BCUT2D eigenvalue weighted by Crippen LogP contribution is 2.26. The second-order valence-corrected chi connectivity index (χ2v) is 8.30. The fourth-order valence-electron chi connectivity index (χ4n) is 3.18. The van der Waals surface area contributed by atoms with Gasteiger partial charge < -0.3 is 24.3 Å². The van der Waals surface area contributed by atoms with E-state index in [1.54, 1.807) is 20.3 Å². The van der Waals surface area contributed by atoms with Gasteiger partial charge in [-0.25, -0.2) is 4.79 Å². The Morgan fingerprint density at radius 2 is 1.41 bits per heavy atom. The highest BCUT2D eigenvalue weighted by molar-refractivity contribution is 5.91. The molecule has 0 fully saturated rings. The number of nitrogens with zero attached hydrogens (tertiary/aromatic N) is 3. The van der Waals surface area contributed by atoms with Crippen LogP contribution in [0.3, 0.4) is 0 Å². The Labute approximate surface area is 228 Å². The van der Waals surface area contributed by atoms with E-state index in [0.29, 0.717) is 48.6 Å². The molecule has 0 bridgehead atoms. The number of benzene rings is 3. The summed E-state index contributed by atoms with van der Waals surface area (Å²) >= 11 is 0. The van der Waals surface area contributed by atoms with Crippen molar-refractivity contribution in [2.24, 2.45) is 15.0 Å². The number of rotatable bonds is 11. The van der Waals surface area contributed by atoms with E-state index < -0.39 is 6.09 Å². The molecule has 3 rings (SSSR count). The number of methoxy groups -OCH3 is 2. The fraction of sp³-hybridized carbons (Fsp3) is 0.276. The quantitative estimate of drug-likeness (QED) is 0.168. The van der Waals surface area contributed by atoms with Crippen LogP contribution in [0.1, 0.15) is 11.1 Å². The predicted molar refractivity (Wildman–Crippen MR) is 153 cm³/mol. The van der Waals surface area contributed by atoms with Gasteiger partial charge in [0.15, 0.2) is 0 Å². The minimum absolute atomic E-state index is 0.164. The van der Waals surface area contributed by atoms with Gasteiger partial charge in [0.05, 0.1) is 30.3 Å². The largest absolute Gasteiger partial charge is 0.462 e. The van der Waals surface area contributed by atoms with Crippen LogP contribution in [0, 0.1) is 13.8 Å². The van der Waals surface area contributed by atoms with E-state index in [2.05, 4.69) is 31.6 Å². The van der Waals surface area contributed by atoms with Crippen LogP contribution in [0.15, 0.2) is 81.7 Å². The van der Waals surface area contributed by atoms with Crippen LogP contribution >= 0.6 is 0 Å². The fourth-order valence-corrected chi connectivity index (χ4v) is 3.18. The smallest absolute Gasteiger partial charge is 0.411 e. The number of carbonyl (C=O) groups is 1. The number of para-hydroxylation sites is 1. The van der Waals surface area contributed by atoms with E-state index >= 15 is 0 Å². The molecule has 0 heterocycles. The molecule has 0 saturated carbocycles. The molecule has 0 aliphatic carbocycles. The van der Waals surface area contributed by atoms with E-state index in [0.717, 1.165) is 16.8 Å². The topological polar surface area (TPSA) is 115 Å². The summed E-state index contributed by atoms with van der Waals surface area (Å²) in [6.07, 6.45) is -0.565. The van der Waals surface area contributed by atoms with Crippen LogP contribution in [0.5, 0.6) is 0 Å². The van der Waals surface area contributed by atoms with Crippen molar-refractivity contribution < 1.29 is 23.7 Å². The number of anilines is 2. The van der Waals surface area contributed by atoms with E-state index in [-0.39, 0.29) is 6.61 Å². The van der Waals surface area contributed by atoms with Gasteiger partial charge in [0.25, 0.3) is 6.02 Å². The molecule has 0 spiro atoms. The molecule has 204 valence electrons. The minimum Gasteiger partial charge on any atom is -0.462 e. The molecule has 3 aromatic rings. The van der Waals surface area contributed by atoms with E-state index in [1.807, 2.05) is 74.5 Å². The Bertz CT molecular complexity index is 1320. The first-order valence-corrected chi connectivity index (χ1v) is 12.3. The lowest BCUT2D eigenvalue weighted by Gasteiger charge is -2.12. The first kappa shape index (κ1) is 29.1. The molecule has 0 saturated heterocycles.